The number of hydrogen-bond acceptors (Lipinski definition) is 2. The van der Waals surface area contributed by atoms with Gasteiger partial charge in [-0.2, -0.15) is 0 Å². The van der Waals surface area contributed by atoms with Crippen LogP contribution < -0.4 is 5.32 Å². The van der Waals surface area contributed by atoms with Crippen molar-refractivity contribution in [1.82, 2.24) is 10.2 Å². The molecule has 5 atom stereocenters. The number of amides is 1. The second-order valence-corrected chi connectivity index (χ2v) is 8.66. The number of carbonyl (C=O) groups is 1. The Morgan fingerprint density at radius 1 is 1.24 bits per heavy atom. The molecule has 118 valence electrons. The van der Waals surface area contributed by atoms with Crippen molar-refractivity contribution in [1.29, 1.82) is 0 Å². The van der Waals surface area contributed by atoms with Crippen molar-refractivity contribution in [3.05, 3.63) is 0 Å². The lowest BCUT2D eigenvalue weighted by Gasteiger charge is -2.38. The van der Waals surface area contributed by atoms with Gasteiger partial charge in [-0.3, -0.25) is 10.1 Å². The van der Waals surface area contributed by atoms with Gasteiger partial charge in [0.05, 0.1) is 11.7 Å². The maximum atomic E-state index is 12.9. The number of fused-ring (bicyclic) bond motifs is 2. The van der Waals surface area contributed by atoms with Gasteiger partial charge in [0.25, 0.3) is 0 Å². The fraction of sp³-hybridized carbons (Fsp3) is 0.944. The first-order chi connectivity index (χ1) is 10.00. The Kier molecular flexibility index (Phi) is 3.15. The summed E-state index contributed by atoms with van der Waals surface area (Å²) in [6, 6.07) is 0.434. The molecule has 1 saturated heterocycles. The number of carbonyl (C=O) groups excluding carboxylic acids is 1. The van der Waals surface area contributed by atoms with Gasteiger partial charge in [-0.05, 0) is 69.1 Å². The second kappa shape index (κ2) is 4.71. The number of rotatable bonds is 4. The first kappa shape index (κ1) is 14.0. The van der Waals surface area contributed by atoms with Crippen LogP contribution in [0.25, 0.3) is 0 Å². The lowest BCUT2D eigenvalue weighted by atomic mass is 9.83. The molecule has 5 unspecified atom stereocenters. The zero-order valence-corrected chi connectivity index (χ0v) is 13.8. The Balaban J connectivity index is 1.54. The largest absolute Gasteiger partial charge is 0.323 e. The van der Waals surface area contributed by atoms with E-state index in [1.807, 2.05) is 0 Å². The van der Waals surface area contributed by atoms with Gasteiger partial charge in [0.2, 0.25) is 5.91 Å². The molecule has 4 fully saturated rings. The number of nitrogens with zero attached hydrogens (tertiary/aromatic N) is 1. The van der Waals surface area contributed by atoms with Crippen LogP contribution in [0.2, 0.25) is 0 Å². The minimum atomic E-state index is -0.147. The monoisotopic (exact) mass is 290 g/mol. The zero-order valence-electron chi connectivity index (χ0n) is 13.8. The summed E-state index contributed by atoms with van der Waals surface area (Å²) in [5.74, 6) is 3.68. The molecule has 4 rings (SSSR count). The van der Waals surface area contributed by atoms with Crippen LogP contribution in [0.5, 0.6) is 0 Å². The average Bonchev–Trinajstić information content (AvgIpc) is 2.81. The van der Waals surface area contributed by atoms with Crippen LogP contribution >= 0.6 is 0 Å². The normalized spacial score (nSPS) is 41.5. The average molecular weight is 290 g/mol. The van der Waals surface area contributed by atoms with E-state index in [1.165, 1.54) is 25.7 Å². The highest BCUT2D eigenvalue weighted by Crippen LogP contribution is 2.52. The van der Waals surface area contributed by atoms with Crippen LogP contribution in [0.3, 0.4) is 0 Å². The van der Waals surface area contributed by atoms with E-state index in [2.05, 4.69) is 31.0 Å². The van der Waals surface area contributed by atoms with Gasteiger partial charge in [0.15, 0.2) is 0 Å². The first-order valence-electron chi connectivity index (χ1n) is 9.10. The van der Waals surface area contributed by atoms with E-state index in [4.69, 9.17) is 0 Å². The van der Waals surface area contributed by atoms with Gasteiger partial charge in [-0.1, -0.05) is 20.3 Å². The predicted octanol–water partition coefficient (Wildman–Crippen LogP) is 3.15. The molecule has 1 aliphatic heterocycles. The molecule has 1 amide bonds. The predicted molar refractivity (Wildman–Crippen MR) is 83.6 cm³/mol. The molecule has 1 heterocycles. The number of nitrogens with one attached hydrogen (secondary N) is 1. The van der Waals surface area contributed by atoms with Crippen molar-refractivity contribution in [2.24, 2.45) is 23.7 Å². The Morgan fingerprint density at radius 2 is 2.00 bits per heavy atom. The van der Waals surface area contributed by atoms with Crippen LogP contribution in [0, 0.1) is 23.7 Å². The zero-order chi connectivity index (χ0) is 14.8. The summed E-state index contributed by atoms with van der Waals surface area (Å²) in [5.41, 5.74) is -0.147. The molecule has 0 radical (unpaired) electrons. The van der Waals surface area contributed by atoms with Crippen LogP contribution in [0.4, 0.5) is 0 Å². The summed E-state index contributed by atoms with van der Waals surface area (Å²) in [4.78, 5) is 15.2. The highest BCUT2D eigenvalue weighted by Gasteiger charge is 2.61. The SMILES string of the molecule is CC(C)CC1NC2(CC2)C(=O)N1C(C)C1CC2CCC1C2. The van der Waals surface area contributed by atoms with Crippen molar-refractivity contribution >= 4 is 5.91 Å². The summed E-state index contributed by atoms with van der Waals surface area (Å²) in [7, 11) is 0. The van der Waals surface area contributed by atoms with Crippen LogP contribution in [-0.4, -0.2) is 28.6 Å². The van der Waals surface area contributed by atoms with Gasteiger partial charge in [0.1, 0.15) is 0 Å². The third-order valence-electron chi connectivity index (χ3n) is 6.72. The van der Waals surface area contributed by atoms with Crippen molar-refractivity contribution in [2.45, 2.75) is 83.5 Å². The minimum absolute atomic E-state index is 0.147. The van der Waals surface area contributed by atoms with Crippen molar-refractivity contribution in [3.8, 4) is 0 Å². The van der Waals surface area contributed by atoms with Gasteiger partial charge in [0, 0.05) is 6.04 Å². The molecule has 21 heavy (non-hydrogen) atoms. The van der Waals surface area contributed by atoms with Gasteiger partial charge < -0.3 is 4.90 Å². The van der Waals surface area contributed by atoms with Gasteiger partial charge in [-0.15, -0.1) is 0 Å². The molecule has 4 aliphatic rings. The van der Waals surface area contributed by atoms with E-state index in [9.17, 15) is 4.79 Å². The van der Waals surface area contributed by atoms with Crippen molar-refractivity contribution in [2.75, 3.05) is 0 Å². The summed E-state index contributed by atoms with van der Waals surface area (Å²) < 4.78 is 0. The molecule has 0 aromatic carbocycles. The summed E-state index contributed by atoms with van der Waals surface area (Å²) >= 11 is 0. The maximum Gasteiger partial charge on any atom is 0.244 e. The van der Waals surface area contributed by atoms with Crippen LogP contribution in [-0.2, 0) is 4.79 Å². The van der Waals surface area contributed by atoms with E-state index >= 15 is 0 Å². The molecular weight excluding hydrogens is 260 g/mol. The Morgan fingerprint density at radius 3 is 2.52 bits per heavy atom. The molecule has 3 nitrogen and oxygen atoms in total. The molecule has 3 saturated carbocycles. The molecule has 1 spiro atoms. The van der Waals surface area contributed by atoms with Crippen LogP contribution in [0.15, 0.2) is 0 Å². The Bertz CT molecular complexity index is 442. The first-order valence-corrected chi connectivity index (χ1v) is 9.10. The highest BCUT2D eigenvalue weighted by molar-refractivity contribution is 5.92. The van der Waals surface area contributed by atoms with Crippen molar-refractivity contribution < 1.29 is 4.79 Å². The lowest BCUT2D eigenvalue weighted by molar-refractivity contribution is -0.134. The minimum Gasteiger partial charge on any atom is -0.323 e. The molecular formula is C18H30N2O. The van der Waals surface area contributed by atoms with E-state index in [0.717, 1.165) is 37.0 Å². The summed E-state index contributed by atoms with van der Waals surface area (Å²) in [6.07, 6.45) is 9.16. The standard InChI is InChI=1S/C18H30N2O/c1-11(2)8-16-19-18(6-7-18)17(21)20(16)12(3)15-10-13-4-5-14(15)9-13/h11-16,19H,4-10H2,1-3H3. The number of hydrogen-bond donors (Lipinski definition) is 1. The lowest BCUT2D eigenvalue weighted by Crippen LogP contribution is -2.48. The van der Waals surface area contributed by atoms with E-state index in [-0.39, 0.29) is 11.7 Å². The topological polar surface area (TPSA) is 32.3 Å². The fourth-order valence-corrected chi connectivity index (χ4v) is 5.50. The van der Waals surface area contributed by atoms with Gasteiger partial charge in [-0.25, -0.2) is 0 Å². The maximum absolute atomic E-state index is 12.9. The van der Waals surface area contributed by atoms with E-state index in [0.29, 0.717) is 17.9 Å². The molecule has 0 aromatic rings. The molecule has 2 bridgehead atoms. The highest BCUT2D eigenvalue weighted by atomic mass is 16.2. The second-order valence-electron chi connectivity index (χ2n) is 8.66. The summed E-state index contributed by atoms with van der Waals surface area (Å²) in [6.45, 7) is 6.87. The summed E-state index contributed by atoms with van der Waals surface area (Å²) in [5, 5.41) is 3.70. The van der Waals surface area contributed by atoms with E-state index < -0.39 is 0 Å². The van der Waals surface area contributed by atoms with E-state index in [1.54, 1.807) is 0 Å². The smallest absolute Gasteiger partial charge is 0.244 e. The van der Waals surface area contributed by atoms with Gasteiger partial charge >= 0.3 is 0 Å². The molecule has 3 aliphatic carbocycles. The molecule has 0 aromatic heterocycles. The molecule has 1 N–H and O–H groups in total. The third-order valence-corrected chi connectivity index (χ3v) is 6.72. The van der Waals surface area contributed by atoms with Crippen LogP contribution in [0.1, 0.15) is 65.7 Å². The quantitative estimate of drug-likeness (QED) is 0.862. The molecule has 3 heteroatoms. The Labute approximate surface area is 128 Å². The third kappa shape index (κ3) is 2.15. The fourth-order valence-electron chi connectivity index (χ4n) is 5.50. The Hall–Kier alpha value is -0.570. The van der Waals surface area contributed by atoms with Crippen molar-refractivity contribution in [3.63, 3.8) is 0 Å².